The lowest BCUT2D eigenvalue weighted by molar-refractivity contribution is -0.177. The van der Waals surface area contributed by atoms with E-state index in [1.807, 2.05) is 0 Å². The number of unbranched alkanes of at least 4 members (excludes halogenated alkanes) is 3. The number of aliphatic hydroxyl groups is 2. The van der Waals surface area contributed by atoms with E-state index in [0.29, 0.717) is 6.61 Å². The normalized spacial score (nSPS) is 10.4. The van der Waals surface area contributed by atoms with Crippen molar-refractivity contribution in [1.82, 2.24) is 0 Å². The van der Waals surface area contributed by atoms with Crippen molar-refractivity contribution in [2.45, 2.75) is 71.8 Å². The summed E-state index contributed by atoms with van der Waals surface area (Å²) >= 11 is 0. The van der Waals surface area contributed by atoms with Crippen LogP contribution < -0.4 is 0 Å². The Kier molecular flexibility index (Phi) is 17.1. The lowest BCUT2D eigenvalue weighted by Gasteiger charge is -2.23. The molecule has 0 aromatic heterocycles. The minimum Gasteiger partial charge on any atom is -0.466 e. The van der Waals surface area contributed by atoms with Crippen LogP contribution in [0.4, 0.5) is 0 Å². The van der Waals surface area contributed by atoms with Crippen molar-refractivity contribution >= 4 is 17.9 Å². The predicted molar refractivity (Wildman–Crippen MR) is 95.3 cm³/mol. The minimum absolute atomic E-state index is 0.0206. The summed E-state index contributed by atoms with van der Waals surface area (Å²) in [6.45, 7) is 7.49. The van der Waals surface area contributed by atoms with Gasteiger partial charge in [0.2, 0.25) is 0 Å². The summed E-state index contributed by atoms with van der Waals surface area (Å²) in [6, 6.07) is 0. The molecule has 8 heteroatoms. The molecule has 154 valence electrons. The molecule has 0 amide bonds. The van der Waals surface area contributed by atoms with E-state index in [1.165, 1.54) is 19.3 Å². The van der Waals surface area contributed by atoms with Crippen molar-refractivity contribution in [3.05, 3.63) is 0 Å². The molecule has 0 aliphatic heterocycles. The highest BCUT2D eigenvalue weighted by Gasteiger charge is 2.43. The summed E-state index contributed by atoms with van der Waals surface area (Å²) in [5.74, 6) is -2.62. The molecule has 8 nitrogen and oxygen atoms in total. The highest BCUT2D eigenvalue weighted by Crippen LogP contribution is 2.19. The molecule has 26 heavy (non-hydrogen) atoms. The van der Waals surface area contributed by atoms with Gasteiger partial charge in [0.1, 0.15) is 0 Å². The highest BCUT2D eigenvalue weighted by atomic mass is 16.6. The molecule has 0 aliphatic carbocycles. The predicted octanol–water partition coefficient (Wildman–Crippen LogP) is 1.75. The fourth-order valence-corrected chi connectivity index (χ4v) is 1.91. The zero-order valence-electron chi connectivity index (χ0n) is 16.4. The lowest BCUT2D eigenvalue weighted by Crippen LogP contribution is -2.44. The molecule has 0 heterocycles. The van der Waals surface area contributed by atoms with Crippen molar-refractivity contribution in [2.24, 2.45) is 0 Å². The van der Waals surface area contributed by atoms with Gasteiger partial charge in [0.15, 0.2) is 5.60 Å². The van der Waals surface area contributed by atoms with E-state index >= 15 is 0 Å². The maximum absolute atomic E-state index is 11.7. The van der Waals surface area contributed by atoms with Gasteiger partial charge in [-0.05, 0) is 27.2 Å². The van der Waals surface area contributed by atoms with Gasteiger partial charge in [-0.2, -0.15) is 0 Å². The second-order valence-corrected chi connectivity index (χ2v) is 5.50. The standard InChI is InChI=1S/C12H20O7.C6H14O/c1-4-17-9(13)7-12(16,11(15)19-6-3)8-10(14)18-5-2;1-2-3-4-5-6-7/h16H,4-8H2,1-3H3;7H,2-6H2,1H3. The number of rotatable bonds is 12. The third-order valence-corrected chi connectivity index (χ3v) is 3.15. The Morgan fingerprint density at radius 3 is 1.58 bits per heavy atom. The third-order valence-electron chi connectivity index (χ3n) is 3.15. The van der Waals surface area contributed by atoms with Crippen molar-refractivity contribution in [2.75, 3.05) is 26.4 Å². The molecule has 0 aromatic carbocycles. The molecule has 0 saturated carbocycles. The quantitative estimate of drug-likeness (QED) is 0.299. The first kappa shape index (κ1) is 26.6. The minimum atomic E-state index is -2.26. The van der Waals surface area contributed by atoms with E-state index in [4.69, 9.17) is 5.11 Å². The van der Waals surface area contributed by atoms with Crippen LogP contribution in [0, 0.1) is 0 Å². The van der Waals surface area contributed by atoms with Gasteiger partial charge in [0, 0.05) is 6.61 Å². The summed E-state index contributed by atoms with van der Waals surface area (Å²) in [5.41, 5.74) is -2.26. The van der Waals surface area contributed by atoms with Gasteiger partial charge < -0.3 is 24.4 Å². The Labute approximate surface area is 155 Å². The Balaban J connectivity index is 0. The summed E-state index contributed by atoms with van der Waals surface area (Å²) in [7, 11) is 0. The molecule has 0 unspecified atom stereocenters. The number of carbonyl (C=O) groups excluding carboxylic acids is 3. The highest BCUT2D eigenvalue weighted by molar-refractivity contribution is 5.90. The van der Waals surface area contributed by atoms with Crippen molar-refractivity contribution in [3.8, 4) is 0 Å². The number of esters is 3. The van der Waals surface area contributed by atoms with Gasteiger partial charge in [-0.25, -0.2) is 4.79 Å². The molecule has 2 N–H and O–H groups in total. The Bertz CT molecular complexity index is 371. The van der Waals surface area contributed by atoms with Crippen LogP contribution in [0.15, 0.2) is 0 Å². The largest absolute Gasteiger partial charge is 0.466 e. The first-order valence-electron chi connectivity index (χ1n) is 9.12. The van der Waals surface area contributed by atoms with Gasteiger partial charge in [0.05, 0.1) is 32.7 Å². The lowest BCUT2D eigenvalue weighted by atomic mass is 9.95. The van der Waals surface area contributed by atoms with E-state index in [0.717, 1.165) is 6.42 Å². The number of hydrogen-bond acceptors (Lipinski definition) is 8. The average Bonchev–Trinajstić information content (AvgIpc) is 2.56. The fourth-order valence-electron chi connectivity index (χ4n) is 1.91. The molecule has 0 rings (SSSR count). The molecule has 0 aliphatic rings. The van der Waals surface area contributed by atoms with Crippen LogP contribution in [0.25, 0.3) is 0 Å². The van der Waals surface area contributed by atoms with Crippen LogP contribution in [0.2, 0.25) is 0 Å². The van der Waals surface area contributed by atoms with Crippen LogP contribution >= 0.6 is 0 Å². The number of carbonyl (C=O) groups is 3. The SMILES string of the molecule is CCCCCCO.CCOC(=O)CC(O)(CC(=O)OCC)C(=O)OCC. The van der Waals surface area contributed by atoms with Crippen LogP contribution in [0.5, 0.6) is 0 Å². The molecule has 0 saturated heterocycles. The fraction of sp³-hybridized carbons (Fsp3) is 0.833. The first-order chi connectivity index (χ1) is 12.3. The topological polar surface area (TPSA) is 119 Å². The summed E-state index contributed by atoms with van der Waals surface area (Å²) in [5, 5.41) is 18.4. The molecule has 0 fully saturated rings. The van der Waals surface area contributed by atoms with Crippen molar-refractivity contribution in [1.29, 1.82) is 0 Å². The molecule has 0 radical (unpaired) electrons. The molecular formula is C18H34O8. The van der Waals surface area contributed by atoms with Gasteiger partial charge in [-0.15, -0.1) is 0 Å². The van der Waals surface area contributed by atoms with E-state index in [2.05, 4.69) is 21.1 Å². The summed E-state index contributed by atoms with van der Waals surface area (Å²) in [6.07, 6.45) is 3.37. The van der Waals surface area contributed by atoms with Crippen LogP contribution in [0.3, 0.4) is 0 Å². The average molecular weight is 378 g/mol. The summed E-state index contributed by atoms with van der Waals surface area (Å²) in [4.78, 5) is 34.4. The van der Waals surface area contributed by atoms with E-state index in [-0.39, 0.29) is 19.8 Å². The molecule has 0 spiro atoms. The van der Waals surface area contributed by atoms with E-state index in [1.54, 1.807) is 20.8 Å². The third kappa shape index (κ3) is 13.6. The maximum atomic E-state index is 11.7. The monoisotopic (exact) mass is 378 g/mol. The molecule has 0 atom stereocenters. The van der Waals surface area contributed by atoms with Crippen molar-refractivity contribution < 1.29 is 38.8 Å². The molecule has 0 aromatic rings. The summed E-state index contributed by atoms with van der Waals surface area (Å²) < 4.78 is 14.0. The van der Waals surface area contributed by atoms with Crippen LogP contribution in [0.1, 0.15) is 66.2 Å². The van der Waals surface area contributed by atoms with Crippen LogP contribution in [-0.4, -0.2) is 60.1 Å². The zero-order chi connectivity index (χ0) is 20.4. The number of ether oxygens (including phenoxy) is 3. The van der Waals surface area contributed by atoms with Gasteiger partial charge >= 0.3 is 17.9 Å². The number of aliphatic hydroxyl groups excluding tert-OH is 1. The number of hydrogen-bond donors (Lipinski definition) is 2. The first-order valence-corrected chi connectivity index (χ1v) is 9.12. The van der Waals surface area contributed by atoms with E-state index in [9.17, 15) is 19.5 Å². The van der Waals surface area contributed by atoms with Gasteiger partial charge in [-0.1, -0.05) is 26.2 Å². The Morgan fingerprint density at radius 2 is 1.23 bits per heavy atom. The van der Waals surface area contributed by atoms with Gasteiger partial charge in [-0.3, -0.25) is 9.59 Å². The smallest absolute Gasteiger partial charge is 0.339 e. The van der Waals surface area contributed by atoms with Gasteiger partial charge in [0.25, 0.3) is 0 Å². The zero-order valence-corrected chi connectivity index (χ0v) is 16.4. The molecular weight excluding hydrogens is 344 g/mol. The maximum Gasteiger partial charge on any atom is 0.339 e. The van der Waals surface area contributed by atoms with Crippen molar-refractivity contribution in [3.63, 3.8) is 0 Å². The van der Waals surface area contributed by atoms with Crippen LogP contribution in [-0.2, 0) is 28.6 Å². The Hall–Kier alpha value is -1.67. The second kappa shape index (κ2) is 16.8. The van der Waals surface area contributed by atoms with E-state index < -0.39 is 36.4 Å². The Morgan fingerprint density at radius 1 is 0.769 bits per heavy atom. The second-order valence-electron chi connectivity index (χ2n) is 5.50. The molecule has 0 bridgehead atoms.